The number of hydrogen-bond acceptors (Lipinski definition) is 4. The summed E-state index contributed by atoms with van der Waals surface area (Å²) in [5.41, 5.74) is 1.70. The molecule has 1 aromatic heterocycles. The van der Waals surface area contributed by atoms with Crippen molar-refractivity contribution in [1.29, 1.82) is 0 Å². The number of aromatic nitrogens is 1. The lowest BCUT2D eigenvalue weighted by molar-refractivity contribution is -0.137. The van der Waals surface area contributed by atoms with Gasteiger partial charge < -0.3 is 9.64 Å². The fourth-order valence-electron chi connectivity index (χ4n) is 3.70. The maximum Gasteiger partial charge on any atom is 0.416 e. The van der Waals surface area contributed by atoms with Crippen molar-refractivity contribution in [3.05, 3.63) is 95.2 Å². The van der Waals surface area contributed by atoms with Crippen LogP contribution in [0.3, 0.4) is 0 Å². The van der Waals surface area contributed by atoms with Gasteiger partial charge in [-0.3, -0.25) is 9.69 Å². The molecule has 0 saturated carbocycles. The number of hydrogen-bond donors (Lipinski definition) is 0. The van der Waals surface area contributed by atoms with Crippen molar-refractivity contribution in [2.75, 3.05) is 26.2 Å². The Bertz CT molecular complexity index is 1060. The molecule has 33 heavy (non-hydrogen) atoms. The molecule has 0 N–H and O–H groups in total. The lowest BCUT2D eigenvalue weighted by atomic mass is 10.1. The van der Waals surface area contributed by atoms with Crippen LogP contribution in [0.15, 0.2) is 72.9 Å². The van der Waals surface area contributed by atoms with Gasteiger partial charge >= 0.3 is 6.18 Å². The summed E-state index contributed by atoms with van der Waals surface area (Å²) >= 11 is 0. The number of carbonyl (C=O) groups excluding carboxylic acids is 1. The Kier molecular flexibility index (Phi) is 6.93. The number of benzene rings is 2. The van der Waals surface area contributed by atoms with Crippen LogP contribution in [0.4, 0.5) is 13.2 Å². The topological polar surface area (TPSA) is 45.7 Å². The van der Waals surface area contributed by atoms with E-state index in [1.807, 2.05) is 30.3 Å². The number of amides is 1. The molecule has 1 aliphatic heterocycles. The highest BCUT2D eigenvalue weighted by Gasteiger charge is 2.30. The van der Waals surface area contributed by atoms with E-state index in [2.05, 4.69) is 9.88 Å². The average Bonchev–Trinajstić information content (AvgIpc) is 2.83. The molecule has 0 bridgehead atoms. The Morgan fingerprint density at radius 2 is 1.61 bits per heavy atom. The van der Waals surface area contributed by atoms with Crippen LogP contribution >= 0.6 is 0 Å². The number of halogens is 3. The first kappa shape index (κ1) is 22.8. The highest BCUT2D eigenvalue weighted by Crippen LogP contribution is 2.29. The van der Waals surface area contributed by atoms with Gasteiger partial charge in [-0.25, -0.2) is 4.98 Å². The van der Waals surface area contributed by atoms with E-state index in [9.17, 15) is 18.0 Å². The van der Waals surface area contributed by atoms with Crippen LogP contribution in [0.25, 0.3) is 0 Å². The largest absolute Gasteiger partial charge is 0.473 e. The molecule has 2 heterocycles. The number of pyridine rings is 1. The third-order valence-corrected chi connectivity index (χ3v) is 5.56. The van der Waals surface area contributed by atoms with Crippen LogP contribution in [-0.2, 0) is 19.3 Å². The fraction of sp³-hybridized carbons (Fsp3) is 0.280. The molecular weight excluding hydrogens is 431 g/mol. The lowest BCUT2D eigenvalue weighted by Crippen LogP contribution is -2.48. The fourth-order valence-corrected chi connectivity index (χ4v) is 3.70. The van der Waals surface area contributed by atoms with E-state index < -0.39 is 11.7 Å². The van der Waals surface area contributed by atoms with E-state index in [0.29, 0.717) is 50.8 Å². The first-order valence-electron chi connectivity index (χ1n) is 10.7. The lowest BCUT2D eigenvalue weighted by Gasteiger charge is -2.34. The van der Waals surface area contributed by atoms with Gasteiger partial charge in [0.15, 0.2) is 0 Å². The van der Waals surface area contributed by atoms with Gasteiger partial charge in [0.1, 0.15) is 6.61 Å². The zero-order valence-electron chi connectivity index (χ0n) is 18.0. The van der Waals surface area contributed by atoms with Crippen LogP contribution in [0.5, 0.6) is 5.88 Å². The first-order chi connectivity index (χ1) is 15.9. The molecule has 0 radical (unpaired) electrons. The van der Waals surface area contributed by atoms with Gasteiger partial charge in [-0.15, -0.1) is 0 Å². The summed E-state index contributed by atoms with van der Waals surface area (Å²) in [4.78, 5) is 21.0. The van der Waals surface area contributed by atoms with Crippen LogP contribution in [0, 0.1) is 0 Å². The van der Waals surface area contributed by atoms with Crippen LogP contribution in [-0.4, -0.2) is 46.9 Å². The Morgan fingerprint density at radius 1 is 0.909 bits per heavy atom. The molecule has 1 amide bonds. The summed E-state index contributed by atoms with van der Waals surface area (Å²) in [5, 5.41) is 0. The predicted octanol–water partition coefficient (Wildman–Crippen LogP) is 4.64. The average molecular weight is 455 g/mol. The third-order valence-electron chi connectivity index (χ3n) is 5.56. The quantitative estimate of drug-likeness (QED) is 0.544. The van der Waals surface area contributed by atoms with Crippen LogP contribution in [0.2, 0.25) is 0 Å². The van der Waals surface area contributed by atoms with Gasteiger partial charge in [0.25, 0.3) is 5.91 Å². The maximum atomic E-state index is 12.9. The maximum absolute atomic E-state index is 12.9. The molecule has 172 valence electrons. The molecule has 0 aliphatic carbocycles. The number of nitrogens with zero attached hydrogens (tertiary/aromatic N) is 3. The van der Waals surface area contributed by atoms with E-state index in [4.69, 9.17) is 4.74 Å². The highest BCUT2D eigenvalue weighted by atomic mass is 19.4. The zero-order valence-corrected chi connectivity index (χ0v) is 18.0. The second-order valence-electron chi connectivity index (χ2n) is 7.92. The van der Waals surface area contributed by atoms with E-state index in [1.54, 1.807) is 23.2 Å². The summed E-state index contributed by atoms with van der Waals surface area (Å²) in [6, 6.07) is 18.3. The first-order valence-corrected chi connectivity index (χ1v) is 10.7. The number of rotatable bonds is 6. The molecule has 1 aliphatic rings. The number of piperazine rings is 1. The smallest absolute Gasteiger partial charge is 0.416 e. The molecule has 3 aromatic rings. The second-order valence-corrected chi connectivity index (χ2v) is 7.92. The number of carbonyl (C=O) groups is 1. The summed E-state index contributed by atoms with van der Waals surface area (Å²) in [7, 11) is 0. The van der Waals surface area contributed by atoms with Crippen LogP contribution in [0.1, 0.15) is 27.0 Å². The molecule has 8 heteroatoms. The minimum absolute atomic E-state index is 0.0869. The monoisotopic (exact) mass is 455 g/mol. The zero-order chi connectivity index (χ0) is 23.3. The molecule has 4 rings (SSSR count). The molecule has 0 atom stereocenters. The van der Waals surface area contributed by atoms with Crippen molar-refractivity contribution in [1.82, 2.24) is 14.8 Å². The molecular formula is C25H24F3N3O2. The van der Waals surface area contributed by atoms with E-state index in [0.717, 1.165) is 23.3 Å². The van der Waals surface area contributed by atoms with Crippen molar-refractivity contribution in [2.24, 2.45) is 0 Å². The van der Waals surface area contributed by atoms with Gasteiger partial charge in [0.05, 0.1) is 5.56 Å². The molecule has 5 nitrogen and oxygen atoms in total. The van der Waals surface area contributed by atoms with Crippen molar-refractivity contribution in [2.45, 2.75) is 19.3 Å². The normalized spacial score (nSPS) is 14.8. The standard InChI is InChI=1S/C25H24F3N3O2/c26-25(27,28)22-8-6-19(7-9-22)17-30-12-14-31(15-13-30)24(32)21-10-11-29-23(16-21)33-18-20-4-2-1-3-5-20/h1-11,16H,12-15,17-18H2. The van der Waals surface area contributed by atoms with Crippen molar-refractivity contribution in [3.8, 4) is 5.88 Å². The molecule has 0 spiro atoms. The van der Waals surface area contributed by atoms with Crippen molar-refractivity contribution in [3.63, 3.8) is 0 Å². The van der Waals surface area contributed by atoms with Gasteiger partial charge in [-0.2, -0.15) is 13.2 Å². The summed E-state index contributed by atoms with van der Waals surface area (Å²) in [6.45, 7) is 3.30. The SMILES string of the molecule is O=C(c1ccnc(OCc2ccccc2)c1)N1CCN(Cc2ccc(C(F)(F)F)cc2)CC1. The number of alkyl halides is 3. The van der Waals surface area contributed by atoms with E-state index in [1.165, 1.54) is 12.1 Å². The third kappa shape index (κ3) is 6.10. The van der Waals surface area contributed by atoms with Gasteiger partial charge in [0, 0.05) is 50.6 Å². The van der Waals surface area contributed by atoms with Gasteiger partial charge in [0.2, 0.25) is 5.88 Å². The molecule has 2 aromatic carbocycles. The summed E-state index contributed by atoms with van der Waals surface area (Å²) < 4.78 is 43.9. The van der Waals surface area contributed by atoms with Crippen LogP contribution < -0.4 is 4.74 Å². The highest BCUT2D eigenvalue weighted by molar-refractivity contribution is 5.94. The second kappa shape index (κ2) is 10.0. The Labute approximate surface area is 190 Å². The number of ether oxygens (including phenoxy) is 1. The van der Waals surface area contributed by atoms with E-state index in [-0.39, 0.29) is 5.91 Å². The Hall–Kier alpha value is -3.39. The summed E-state index contributed by atoms with van der Waals surface area (Å²) in [6.07, 6.45) is -2.77. The summed E-state index contributed by atoms with van der Waals surface area (Å²) in [5.74, 6) is 0.307. The predicted molar refractivity (Wildman–Crippen MR) is 118 cm³/mol. The minimum atomic E-state index is -4.33. The Morgan fingerprint density at radius 3 is 2.27 bits per heavy atom. The van der Waals surface area contributed by atoms with Crippen molar-refractivity contribution < 1.29 is 22.7 Å². The van der Waals surface area contributed by atoms with Gasteiger partial charge in [-0.1, -0.05) is 42.5 Å². The molecule has 1 fully saturated rings. The van der Waals surface area contributed by atoms with E-state index >= 15 is 0 Å². The Balaban J connectivity index is 1.29. The van der Waals surface area contributed by atoms with Crippen molar-refractivity contribution >= 4 is 5.91 Å². The minimum Gasteiger partial charge on any atom is -0.473 e. The molecule has 1 saturated heterocycles. The molecule has 0 unspecified atom stereocenters. The van der Waals surface area contributed by atoms with Gasteiger partial charge in [-0.05, 0) is 29.3 Å².